The normalized spacial score (nSPS) is 31.1. The molecule has 2 bridgehead atoms. The first-order valence-electron chi connectivity index (χ1n) is 9.79. The lowest BCUT2D eigenvalue weighted by atomic mass is 9.95. The van der Waals surface area contributed by atoms with Gasteiger partial charge in [0.1, 0.15) is 12.0 Å². The summed E-state index contributed by atoms with van der Waals surface area (Å²) < 4.78 is 7.04. The number of ether oxygens (including phenoxy) is 1. The monoisotopic (exact) mass is 425 g/mol. The average molecular weight is 426 g/mol. The molecule has 4 nitrogen and oxygen atoms in total. The number of halogens is 1. The van der Waals surface area contributed by atoms with E-state index in [1.165, 1.54) is 36.7 Å². The number of esters is 1. The Labute approximate surface area is 167 Å². The van der Waals surface area contributed by atoms with E-state index in [2.05, 4.69) is 14.0 Å². The van der Waals surface area contributed by atoms with E-state index < -0.39 is 5.92 Å². The number of rotatable bonds is 7. The Balaban J connectivity index is 0.00000243. The van der Waals surface area contributed by atoms with Gasteiger partial charge in [0.25, 0.3) is 0 Å². The second-order valence-electron chi connectivity index (χ2n) is 7.99. The third-order valence-electron chi connectivity index (χ3n) is 6.52. The maximum atomic E-state index is 12.6. The van der Waals surface area contributed by atoms with Crippen LogP contribution in [0.25, 0.3) is 0 Å². The van der Waals surface area contributed by atoms with Crippen molar-refractivity contribution in [2.45, 2.75) is 69.6 Å². The molecule has 2 heterocycles. The van der Waals surface area contributed by atoms with Crippen LogP contribution in [0.4, 0.5) is 0 Å². The van der Waals surface area contributed by atoms with Gasteiger partial charge in [0.05, 0.1) is 32.3 Å². The van der Waals surface area contributed by atoms with Crippen molar-refractivity contribution in [2.24, 2.45) is 0 Å². The number of carbonyl (C=O) groups is 1. The Morgan fingerprint density at radius 3 is 2.38 bits per heavy atom. The van der Waals surface area contributed by atoms with E-state index in [1.54, 1.807) is 0 Å². The van der Waals surface area contributed by atoms with Gasteiger partial charge in [-0.05, 0) is 12.0 Å². The standard InChI is InChI=1S/C21H32NO3.BrH/c1-3-4-12-22(2)17-10-11-18(22)14-19(13-17)25-21(24)20(15-23)16-8-6-5-7-9-16;/h5-9,17-20,23H,3-4,10-15H2,1-2H3;1H/q+1;/p-1. The highest BCUT2D eigenvalue weighted by Gasteiger charge is 2.52. The quantitative estimate of drug-likeness (QED) is 0.503. The molecule has 2 aliphatic heterocycles. The molecule has 0 aliphatic carbocycles. The van der Waals surface area contributed by atoms with Gasteiger partial charge in [-0.25, -0.2) is 0 Å². The first-order chi connectivity index (χ1) is 12.1. The van der Waals surface area contributed by atoms with Crippen LogP contribution in [0.5, 0.6) is 0 Å². The van der Waals surface area contributed by atoms with Crippen molar-refractivity contribution in [3.63, 3.8) is 0 Å². The lowest BCUT2D eigenvalue weighted by Gasteiger charge is -2.47. The summed E-state index contributed by atoms with van der Waals surface area (Å²) in [5, 5.41) is 9.67. The van der Waals surface area contributed by atoms with Gasteiger partial charge in [0.2, 0.25) is 0 Å². The number of hydrogen-bond acceptors (Lipinski definition) is 3. The van der Waals surface area contributed by atoms with Crippen molar-refractivity contribution in [1.29, 1.82) is 0 Å². The lowest BCUT2D eigenvalue weighted by Crippen LogP contribution is -3.00. The Morgan fingerprint density at radius 2 is 1.85 bits per heavy atom. The van der Waals surface area contributed by atoms with Crippen LogP contribution in [0, 0.1) is 0 Å². The molecule has 0 radical (unpaired) electrons. The molecule has 1 N–H and O–H groups in total. The highest BCUT2D eigenvalue weighted by molar-refractivity contribution is 5.78. The summed E-state index contributed by atoms with van der Waals surface area (Å²) in [4.78, 5) is 12.6. The van der Waals surface area contributed by atoms with Gasteiger partial charge in [0.15, 0.2) is 0 Å². The molecule has 1 aromatic rings. The van der Waals surface area contributed by atoms with E-state index in [1.807, 2.05) is 30.3 Å². The molecule has 3 rings (SSSR count). The van der Waals surface area contributed by atoms with E-state index >= 15 is 0 Å². The Bertz CT molecular complexity index is 566. The zero-order valence-corrected chi connectivity index (χ0v) is 17.5. The van der Waals surface area contributed by atoms with Gasteiger partial charge in [-0.2, -0.15) is 0 Å². The molecule has 146 valence electrons. The molecule has 2 fully saturated rings. The van der Waals surface area contributed by atoms with Crippen LogP contribution in [0.3, 0.4) is 0 Å². The zero-order chi connectivity index (χ0) is 17.9. The van der Waals surface area contributed by atoms with E-state index in [0.29, 0.717) is 12.1 Å². The summed E-state index contributed by atoms with van der Waals surface area (Å²) >= 11 is 0. The van der Waals surface area contributed by atoms with Crippen molar-refractivity contribution < 1.29 is 36.1 Å². The van der Waals surface area contributed by atoms with Crippen LogP contribution >= 0.6 is 0 Å². The smallest absolute Gasteiger partial charge is 0.316 e. The molecule has 0 saturated carbocycles. The molecule has 1 aromatic carbocycles. The van der Waals surface area contributed by atoms with E-state index in [4.69, 9.17) is 4.74 Å². The summed E-state index contributed by atoms with van der Waals surface area (Å²) in [5.74, 6) is -0.843. The molecular weight excluding hydrogens is 394 g/mol. The number of benzene rings is 1. The molecule has 0 spiro atoms. The number of carbonyl (C=O) groups excluding carboxylic acids is 1. The van der Waals surface area contributed by atoms with Crippen molar-refractivity contribution >= 4 is 5.97 Å². The second kappa shape index (κ2) is 9.34. The van der Waals surface area contributed by atoms with Gasteiger partial charge >= 0.3 is 5.97 Å². The van der Waals surface area contributed by atoms with Crippen molar-refractivity contribution in [3.05, 3.63) is 35.9 Å². The number of hydrogen-bond donors (Lipinski definition) is 1. The molecule has 26 heavy (non-hydrogen) atoms. The predicted octanol–water partition coefficient (Wildman–Crippen LogP) is 0.250. The maximum absolute atomic E-state index is 12.6. The van der Waals surface area contributed by atoms with E-state index in [-0.39, 0.29) is 35.7 Å². The highest BCUT2D eigenvalue weighted by atomic mass is 79.9. The minimum Gasteiger partial charge on any atom is -1.00 e. The van der Waals surface area contributed by atoms with Gasteiger partial charge in [-0.1, -0.05) is 43.7 Å². The predicted molar refractivity (Wildman–Crippen MR) is 98.2 cm³/mol. The lowest BCUT2D eigenvalue weighted by molar-refractivity contribution is -0.949. The third kappa shape index (κ3) is 4.32. The first kappa shape index (κ1) is 21.4. The molecule has 2 aliphatic rings. The number of quaternary nitrogens is 1. The van der Waals surface area contributed by atoms with Gasteiger partial charge in [-0.3, -0.25) is 4.79 Å². The number of unbranched alkanes of at least 4 members (excludes halogenated alkanes) is 1. The maximum Gasteiger partial charge on any atom is 0.316 e. The summed E-state index contributed by atoms with van der Waals surface area (Å²) in [6.45, 7) is 3.30. The van der Waals surface area contributed by atoms with E-state index in [9.17, 15) is 9.90 Å². The fourth-order valence-corrected chi connectivity index (χ4v) is 4.90. The van der Waals surface area contributed by atoms with Crippen LogP contribution in [0.2, 0.25) is 0 Å². The summed E-state index contributed by atoms with van der Waals surface area (Å²) in [7, 11) is 2.40. The van der Waals surface area contributed by atoms with Crippen LogP contribution in [-0.2, 0) is 9.53 Å². The van der Waals surface area contributed by atoms with Crippen molar-refractivity contribution in [3.8, 4) is 0 Å². The molecule has 0 aromatic heterocycles. The minimum absolute atomic E-state index is 0. The van der Waals surface area contributed by atoms with Crippen molar-refractivity contribution in [1.82, 2.24) is 0 Å². The largest absolute Gasteiger partial charge is 1.00 e. The SMILES string of the molecule is CCCC[N+]1(C)C2CCC1CC(OC(=O)C(CO)c1ccccc1)C2.[Br-]. The zero-order valence-electron chi connectivity index (χ0n) is 15.9. The minimum atomic E-state index is -0.568. The molecule has 3 atom stereocenters. The first-order valence-corrected chi connectivity index (χ1v) is 9.79. The molecule has 2 saturated heterocycles. The average Bonchev–Trinajstić information content (AvgIpc) is 2.79. The second-order valence-corrected chi connectivity index (χ2v) is 7.99. The number of nitrogens with zero attached hydrogens (tertiary/aromatic N) is 1. The van der Waals surface area contributed by atoms with Crippen LogP contribution in [-0.4, -0.2) is 53.9 Å². The van der Waals surface area contributed by atoms with E-state index in [0.717, 1.165) is 18.4 Å². The number of aliphatic hydroxyl groups excluding tert-OH is 1. The van der Waals surface area contributed by atoms with Crippen LogP contribution in [0.1, 0.15) is 56.9 Å². The highest BCUT2D eigenvalue weighted by Crippen LogP contribution is 2.42. The molecule has 5 heteroatoms. The Kier molecular flexibility index (Phi) is 7.68. The van der Waals surface area contributed by atoms with Gasteiger partial charge in [0, 0.05) is 25.7 Å². The number of piperidine rings is 1. The Hall–Kier alpha value is -0.910. The van der Waals surface area contributed by atoms with Gasteiger partial charge in [-0.15, -0.1) is 0 Å². The third-order valence-corrected chi connectivity index (χ3v) is 6.52. The fourth-order valence-electron chi connectivity index (χ4n) is 4.90. The van der Waals surface area contributed by atoms with Crippen LogP contribution < -0.4 is 17.0 Å². The molecular formula is C21H32BrNO3. The van der Waals surface area contributed by atoms with Gasteiger partial charge < -0.3 is 31.3 Å². The number of fused-ring (bicyclic) bond motifs is 2. The Morgan fingerprint density at radius 1 is 1.23 bits per heavy atom. The molecule has 3 unspecified atom stereocenters. The van der Waals surface area contributed by atoms with Crippen LogP contribution in [0.15, 0.2) is 30.3 Å². The summed E-state index contributed by atoms with van der Waals surface area (Å²) in [5.41, 5.74) is 0.831. The number of aliphatic hydroxyl groups is 1. The summed E-state index contributed by atoms with van der Waals surface area (Å²) in [6.07, 6.45) is 6.96. The summed E-state index contributed by atoms with van der Waals surface area (Å²) in [6, 6.07) is 10.7. The molecule has 0 amide bonds. The van der Waals surface area contributed by atoms with Crippen molar-refractivity contribution in [2.75, 3.05) is 20.2 Å². The topological polar surface area (TPSA) is 46.5 Å². The fraction of sp³-hybridized carbons (Fsp3) is 0.667.